The van der Waals surface area contributed by atoms with Crippen LogP contribution < -0.4 is 11.1 Å². The van der Waals surface area contributed by atoms with Crippen LogP contribution in [0.2, 0.25) is 0 Å². The molecular weight excluding hydrogens is 662 g/mol. The number of likely N-dealkylation sites (tertiary alicyclic amines) is 1. The summed E-state index contributed by atoms with van der Waals surface area (Å²) in [5.41, 5.74) is 4.21. The van der Waals surface area contributed by atoms with Gasteiger partial charge in [0, 0.05) is 54.4 Å². The van der Waals surface area contributed by atoms with E-state index in [4.69, 9.17) is 10.5 Å². The van der Waals surface area contributed by atoms with Crippen molar-refractivity contribution in [2.24, 2.45) is 51.1 Å². The number of aromatic nitrogens is 2. The van der Waals surface area contributed by atoms with Crippen LogP contribution in [0.15, 0.2) is 18.6 Å². The summed E-state index contributed by atoms with van der Waals surface area (Å²) < 4.78 is 5.73. The summed E-state index contributed by atoms with van der Waals surface area (Å²) in [7, 11) is 0. The average molecular weight is 720 g/mol. The molecule has 5 atom stereocenters. The van der Waals surface area contributed by atoms with Gasteiger partial charge in [0.05, 0.1) is 31.5 Å². The van der Waals surface area contributed by atoms with Gasteiger partial charge >= 0.3 is 0 Å². The van der Waals surface area contributed by atoms with Crippen molar-refractivity contribution in [2.75, 3.05) is 19.8 Å². The fourth-order valence-corrected chi connectivity index (χ4v) is 10.3. The smallest absolute Gasteiger partial charge is 0.285 e. The fraction of sp³-hybridized carbons (Fsp3) is 0.750. The van der Waals surface area contributed by atoms with Crippen LogP contribution in [0, 0.1) is 45.3 Å². The van der Waals surface area contributed by atoms with Crippen LogP contribution in [0.3, 0.4) is 0 Å². The van der Waals surface area contributed by atoms with Crippen molar-refractivity contribution in [3.63, 3.8) is 0 Å². The molecule has 3 amide bonds. The van der Waals surface area contributed by atoms with E-state index in [1.54, 1.807) is 4.90 Å². The normalized spacial score (nSPS) is 26.9. The van der Waals surface area contributed by atoms with E-state index in [9.17, 15) is 24.0 Å². The molecule has 12 nitrogen and oxygen atoms in total. The molecule has 3 N–H and O–H groups in total. The Morgan fingerprint density at radius 1 is 0.962 bits per heavy atom. The Hall–Kier alpha value is -3.54. The molecule has 2 unspecified atom stereocenters. The summed E-state index contributed by atoms with van der Waals surface area (Å²) in [4.78, 5) is 92.1. The minimum Gasteiger partial charge on any atom is -0.380 e. The maximum Gasteiger partial charge on any atom is 0.285 e. The highest BCUT2D eigenvalue weighted by atomic mass is 16.5. The Bertz CT molecular complexity index is 1570. The summed E-state index contributed by atoms with van der Waals surface area (Å²) in [6, 6.07) is -1.60. The van der Waals surface area contributed by atoms with Gasteiger partial charge in [-0.25, -0.2) is 4.98 Å². The second-order valence-corrected chi connectivity index (χ2v) is 18.1. The molecule has 0 bridgehead atoms. The first-order valence-corrected chi connectivity index (χ1v) is 19.4. The van der Waals surface area contributed by atoms with Gasteiger partial charge in [-0.1, -0.05) is 73.1 Å². The molecule has 0 radical (unpaired) electrons. The van der Waals surface area contributed by atoms with E-state index in [2.05, 4.69) is 29.1 Å². The third-order valence-corrected chi connectivity index (χ3v) is 14.2. The zero-order chi connectivity index (χ0) is 37.6. The van der Waals surface area contributed by atoms with Crippen LogP contribution >= 0.6 is 0 Å². The van der Waals surface area contributed by atoms with Crippen LogP contribution in [-0.2, 0) is 28.7 Å². The minimum atomic E-state index is -1.04. The fourth-order valence-electron chi connectivity index (χ4n) is 10.3. The highest BCUT2D eigenvalue weighted by Gasteiger charge is 2.86. The number of nitrogens with two attached hydrogens (primary N) is 1. The van der Waals surface area contributed by atoms with E-state index in [0.29, 0.717) is 32.6 Å². The van der Waals surface area contributed by atoms with Gasteiger partial charge in [0.1, 0.15) is 5.69 Å². The van der Waals surface area contributed by atoms with Crippen molar-refractivity contribution < 1.29 is 33.5 Å². The van der Waals surface area contributed by atoms with Gasteiger partial charge in [-0.05, 0) is 48.3 Å². The number of Topliss-reactive ketones (excluding diaryl/α,β-unsaturated/α-hetero) is 3. The predicted molar refractivity (Wildman–Crippen MR) is 191 cm³/mol. The molecule has 3 heterocycles. The summed E-state index contributed by atoms with van der Waals surface area (Å²) in [6.45, 7) is 11.6. The van der Waals surface area contributed by atoms with E-state index in [1.807, 2.05) is 20.8 Å². The monoisotopic (exact) mass is 719 g/mol. The lowest BCUT2D eigenvalue weighted by molar-refractivity contribution is -0.147. The third kappa shape index (κ3) is 6.73. The number of nitrogens with one attached hydrogen (secondary N) is 1. The highest BCUT2D eigenvalue weighted by Crippen LogP contribution is 2.84. The number of fused-ring (bicyclic) bond motifs is 1. The van der Waals surface area contributed by atoms with E-state index in [0.717, 1.165) is 51.4 Å². The Kier molecular flexibility index (Phi) is 10.5. The van der Waals surface area contributed by atoms with Gasteiger partial charge in [0.15, 0.2) is 11.6 Å². The van der Waals surface area contributed by atoms with Crippen molar-refractivity contribution in [1.29, 1.82) is 0 Å². The van der Waals surface area contributed by atoms with Crippen LogP contribution in [0.25, 0.3) is 0 Å². The second kappa shape index (κ2) is 14.4. The number of carbonyl (C=O) groups is 6. The molecule has 1 aromatic rings. The Labute approximate surface area is 307 Å². The summed E-state index contributed by atoms with van der Waals surface area (Å²) in [6.07, 6.45) is 12.4. The molecule has 12 heteroatoms. The Balaban J connectivity index is 1.28. The first-order chi connectivity index (χ1) is 24.5. The van der Waals surface area contributed by atoms with Crippen LogP contribution in [0.1, 0.15) is 122 Å². The van der Waals surface area contributed by atoms with E-state index in [1.165, 1.54) is 18.6 Å². The predicted octanol–water partition coefficient (Wildman–Crippen LogP) is 4.24. The number of primary amides is 1. The maximum atomic E-state index is 15.0. The van der Waals surface area contributed by atoms with Gasteiger partial charge < -0.3 is 20.7 Å². The molecule has 0 aromatic carbocycles. The van der Waals surface area contributed by atoms with Crippen molar-refractivity contribution >= 4 is 35.1 Å². The summed E-state index contributed by atoms with van der Waals surface area (Å²) in [5.74, 6) is -4.34. The number of nitrogens with zero attached hydrogens (tertiary/aromatic N) is 3. The van der Waals surface area contributed by atoms with Crippen molar-refractivity contribution in [1.82, 2.24) is 20.2 Å². The Morgan fingerprint density at radius 3 is 2.17 bits per heavy atom. The zero-order valence-electron chi connectivity index (χ0n) is 31.6. The average Bonchev–Trinajstić information content (AvgIpc) is 3.28. The minimum absolute atomic E-state index is 0.0666. The van der Waals surface area contributed by atoms with Crippen molar-refractivity contribution in [3.8, 4) is 0 Å². The van der Waals surface area contributed by atoms with Gasteiger partial charge in [-0.2, -0.15) is 0 Å². The summed E-state index contributed by atoms with van der Waals surface area (Å²) in [5, 5.41) is 2.97. The lowest BCUT2D eigenvalue weighted by Gasteiger charge is -2.37. The number of hydrogen-bond acceptors (Lipinski definition) is 9. The SMILES string of the molecule is CC(C)(C)[C@H](CC(=O)[C@@H](NC(=O)c1cnccn1)C1CCCCC1)C(=O)N1CC2(C[C@H]1C(=O)CC(CC1CCC1)C(=O)C(N)=O)C(C)(C)C21COC1. The Morgan fingerprint density at radius 2 is 1.65 bits per heavy atom. The molecule has 6 rings (SSSR count). The first kappa shape index (κ1) is 38.2. The molecule has 52 heavy (non-hydrogen) atoms. The number of ether oxygens (including phenoxy) is 1. The van der Waals surface area contributed by atoms with Gasteiger partial charge in [0.25, 0.3) is 11.8 Å². The number of hydrogen-bond donors (Lipinski definition) is 2. The lowest BCUT2D eigenvalue weighted by Crippen LogP contribution is -2.51. The zero-order valence-corrected chi connectivity index (χ0v) is 31.6. The lowest BCUT2D eigenvalue weighted by atomic mass is 9.74. The van der Waals surface area contributed by atoms with Crippen LogP contribution in [-0.4, -0.2) is 81.8 Å². The van der Waals surface area contributed by atoms with Gasteiger partial charge in [0.2, 0.25) is 11.7 Å². The number of rotatable bonds is 14. The molecule has 1 aromatic heterocycles. The third-order valence-electron chi connectivity index (χ3n) is 14.2. The molecule has 3 aliphatic carbocycles. The van der Waals surface area contributed by atoms with E-state index in [-0.39, 0.29) is 64.1 Å². The van der Waals surface area contributed by atoms with Crippen molar-refractivity contribution in [2.45, 2.75) is 124 Å². The molecule has 284 valence electrons. The topological polar surface area (TPSA) is 179 Å². The molecule has 2 spiro atoms. The molecular formula is C40H57N5O7. The van der Waals surface area contributed by atoms with Crippen molar-refractivity contribution in [3.05, 3.63) is 24.3 Å². The van der Waals surface area contributed by atoms with E-state index >= 15 is 4.79 Å². The maximum absolute atomic E-state index is 15.0. The van der Waals surface area contributed by atoms with E-state index < -0.39 is 46.9 Å². The summed E-state index contributed by atoms with van der Waals surface area (Å²) >= 11 is 0. The molecule has 3 saturated carbocycles. The largest absolute Gasteiger partial charge is 0.380 e. The number of carbonyl (C=O) groups excluding carboxylic acids is 6. The molecule has 2 aliphatic heterocycles. The molecule has 5 fully saturated rings. The first-order valence-electron chi connectivity index (χ1n) is 19.4. The number of amides is 3. The molecule has 2 saturated heterocycles. The molecule has 5 aliphatic rings. The highest BCUT2D eigenvalue weighted by molar-refractivity contribution is 6.36. The second-order valence-electron chi connectivity index (χ2n) is 18.1. The van der Waals surface area contributed by atoms with Crippen LogP contribution in [0.5, 0.6) is 0 Å². The standard InChI is InChI=1S/C40H57N5O7/c1-37(2,3)27(18-31(47)32(25-12-7-6-8-13-25)44-35(50)28-20-42-14-15-43-28)36(51)45-21-39(38(4,5)40(39)22-52-23-40)19-29(45)30(46)17-26(33(48)34(41)49)16-24-10-9-11-24/h14-15,20,24-27,29,32H,6-13,16-19,21-23H2,1-5H3,(H2,41,49)(H,44,50)/t26?,27-,29+,32+,39?/m1/s1. The van der Waals surface area contributed by atoms with Gasteiger partial charge in [-0.3, -0.25) is 33.8 Å². The number of ketones is 3. The van der Waals surface area contributed by atoms with Gasteiger partial charge in [-0.15, -0.1) is 0 Å². The quantitative estimate of drug-likeness (QED) is 0.266. The van der Waals surface area contributed by atoms with Crippen LogP contribution in [0.4, 0.5) is 0 Å².